The number of hydrogen-bond donors (Lipinski definition) is 0. The number of carbonyl (C=O) groups is 1. The maximum Gasteiger partial charge on any atom is 0.178 e. The van der Waals surface area contributed by atoms with Gasteiger partial charge in [0.2, 0.25) is 0 Å². The van der Waals surface area contributed by atoms with Crippen molar-refractivity contribution in [1.29, 1.82) is 0 Å². The number of rotatable bonds is 5. The molecule has 1 aromatic rings. The summed E-state index contributed by atoms with van der Waals surface area (Å²) < 4.78 is 5.29. The van der Waals surface area contributed by atoms with Crippen LogP contribution < -0.4 is 4.74 Å². The smallest absolute Gasteiger partial charge is 0.178 e. The van der Waals surface area contributed by atoms with Crippen LogP contribution in [0.2, 0.25) is 0 Å². The van der Waals surface area contributed by atoms with Gasteiger partial charge in [0.05, 0.1) is 7.11 Å². The Bertz CT molecular complexity index is 478. The van der Waals surface area contributed by atoms with Gasteiger partial charge in [0.25, 0.3) is 0 Å². The number of para-hydroxylation sites is 1. The number of carbonyl (C=O) groups excluding carboxylic acids is 1. The SMILES string of the molecule is COc1ccccc1CC(C)=CC(=O)C=C(C)C. The predicted molar refractivity (Wildman–Crippen MR) is 74.9 cm³/mol. The summed E-state index contributed by atoms with van der Waals surface area (Å²) in [5.41, 5.74) is 3.14. The number of hydrogen-bond acceptors (Lipinski definition) is 2. The van der Waals surface area contributed by atoms with Gasteiger partial charge in [0, 0.05) is 0 Å². The van der Waals surface area contributed by atoms with E-state index in [0.29, 0.717) is 0 Å². The zero-order valence-corrected chi connectivity index (χ0v) is 11.5. The number of benzene rings is 1. The van der Waals surface area contributed by atoms with Crippen molar-refractivity contribution in [2.24, 2.45) is 0 Å². The van der Waals surface area contributed by atoms with Crippen molar-refractivity contribution in [2.45, 2.75) is 27.2 Å². The number of ketones is 1. The predicted octanol–water partition coefficient (Wildman–Crippen LogP) is 3.72. The molecule has 0 aromatic heterocycles. The van der Waals surface area contributed by atoms with E-state index in [0.717, 1.165) is 28.9 Å². The fourth-order valence-corrected chi connectivity index (χ4v) is 1.77. The summed E-state index contributed by atoms with van der Waals surface area (Å²) in [7, 11) is 1.66. The maximum absolute atomic E-state index is 11.6. The lowest BCUT2D eigenvalue weighted by Crippen LogP contribution is -1.95. The third kappa shape index (κ3) is 4.58. The van der Waals surface area contributed by atoms with Crippen LogP contribution in [0.15, 0.2) is 47.6 Å². The Morgan fingerprint density at radius 3 is 2.44 bits per heavy atom. The molecule has 2 heteroatoms. The highest BCUT2D eigenvalue weighted by Gasteiger charge is 2.03. The molecule has 0 aliphatic carbocycles. The summed E-state index contributed by atoms with van der Waals surface area (Å²) in [6.07, 6.45) is 4.05. The second kappa shape index (κ2) is 6.80. The first-order valence-corrected chi connectivity index (χ1v) is 6.01. The van der Waals surface area contributed by atoms with Crippen molar-refractivity contribution in [3.63, 3.8) is 0 Å². The van der Waals surface area contributed by atoms with Crippen LogP contribution in [0.3, 0.4) is 0 Å². The molecule has 1 rings (SSSR count). The molecule has 18 heavy (non-hydrogen) atoms. The second-order valence-electron chi connectivity index (χ2n) is 4.60. The molecule has 0 unspecified atom stereocenters. The molecule has 2 nitrogen and oxygen atoms in total. The quantitative estimate of drug-likeness (QED) is 0.738. The number of methoxy groups -OCH3 is 1. The van der Waals surface area contributed by atoms with Crippen LogP contribution in [0.25, 0.3) is 0 Å². The van der Waals surface area contributed by atoms with E-state index < -0.39 is 0 Å². The molecule has 0 spiro atoms. The highest BCUT2D eigenvalue weighted by molar-refractivity contribution is 6.00. The molecular weight excluding hydrogens is 224 g/mol. The van der Waals surface area contributed by atoms with Gasteiger partial charge in [-0.3, -0.25) is 4.79 Å². The van der Waals surface area contributed by atoms with Crippen LogP contribution in [0, 0.1) is 0 Å². The molecule has 0 amide bonds. The lowest BCUT2D eigenvalue weighted by atomic mass is 10.0. The molecule has 1 aromatic carbocycles. The van der Waals surface area contributed by atoms with Gasteiger partial charge < -0.3 is 4.74 Å². The van der Waals surface area contributed by atoms with Crippen molar-refractivity contribution < 1.29 is 9.53 Å². The molecule has 0 bridgehead atoms. The highest BCUT2D eigenvalue weighted by atomic mass is 16.5. The lowest BCUT2D eigenvalue weighted by Gasteiger charge is -2.07. The molecule has 0 saturated carbocycles. The Labute approximate surface area is 109 Å². The Morgan fingerprint density at radius 1 is 1.17 bits per heavy atom. The minimum atomic E-state index is 0.0439. The van der Waals surface area contributed by atoms with Crippen molar-refractivity contribution in [1.82, 2.24) is 0 Å². The van der Waals surface area contributed by atoms with E-state index in [4.69, 9.17) is 4.74 Å². The minimum Gasteiger partial charge on any atom is -0.496 e. The Balaban J connectivity index is 2.81. The normalized spacial score (nSPS) is 11.0. The fraction of sp³-hybridized carbons (Fsp3) is 0.312. The van der Waals surface area contributed by atoms with Gasteiger partial charge in [-0.1, -0.05) is 29.3 Å². The third-order valence-electron chi connectivity index (χ3n) is 2.48. The van der Waals surface area contributed by atoms with Gasteiger partial charge in [0.1, 0.15) is 5.75 Å². The summed E-state index contributed by atoms with van der Waals surface area (Å²) in [6.45, 7) is 5.80. The molecule has 0 N–H and O–H groups in total. The zero-order valence-electron chi connectivity index (χ0n) is 11.5. The van der Waals surface area contributed by atoms with Gasteiger partial charge in [0.15, 0.2) is 5.78 Å². The van der Waals surface area contributed by atoms with Gasteiger partial charge in [-0.05, 0) is 51.0 Å². The average Bonchev–Trinajstić information content (AvgIpc) is 2.28. The summed E-state index contributed by atoms with van der Waals surface area (Å²) in [5.74, 6) is 0.905. The van der Waals surface area contributed by atoms with Crippen LogP contribution in [-0.2, 0) is 11.2 Å². The van der Waals surface area contributed by atoms with Crippen molar-refractivity contribution >= 4 is 5.78 Å². The van der Waals surface area contributed by atoms with Gasteiger partial charge >= 0.3 is 0 Å². The Hall–Kier alpha value is -1.83. The van der Waals surface area contributed by atoms with Gasteiger partial charge in [-0.25, -0.2) is 0 Å². The van der Waals surface area contributed by atoms with Crippen LogP contribution in [0.4, 0.5) is 0 Å². The summed E-state index contributed by atoms with van der Waals surface area (Å²) in [4.78, 5) is 11.6. The third-order valence-corrected chi connectivity index (χ3v) is 2.48. The highest BCUT2D eigenvalue weighted by Crippen LogP contribution is 2.20. The van der Waals surface area contributed by atoms with Gasteiger partial charge in [-0.2, -0.15) is 0 Å². The van der Waals surface area contributed by atoms with Crippen LogP contribution in [0.1, 0.15) is 26.3 Å². The summed E-state index contributed by atoms with van der Waals surface area (Å²) >= 11 is 0. The molecule has 0 aliphatic heterocycles. The summed E-state index contributed by atoms with van der Waals surface area (Å²) in [6, 6.07) is 7.86. The fourth-order valence-electron chi connectivity index (χ4n) is 1.77. The van der Waals surface area contributed by atoms with Crippen LogP contribution in [0.5, 0.6) is 5.75 Å². The van der Waals surface area contributed by atoms with Crippen LogP contribution in [-0.4, -0.2) is 12.9 Å². The summed E-state index contributed by atoms with van der Waals surface area (Å²) in [5, 5.41) is 0. The van der Waals surface area contributed by atoms with E-state index in [1.165, 1.54) is 0 Å². The second-order valence-corrected chi connectivity index (χ2v) is 4.60. The number of allylic oxidation sites excluding steroid dienone is 4. The zero-order chi connectivity index (χ0) is 13.5. The maximum atomic E-state index is 11.6. The minimum absolute atomic E-state index is 0.0439. The number of ether oxygens (including phenoxy) is 1. The monoisotopic (exact) mass is 244 g/mol. The van der Waals surface area contributed by atoms with Crippen molar-refractivity contribution in [3.05, 3.63) is 53.1 Å². The molecule has 0 saturated heterocycles. The largest absolute Gasteiger partial charge is 0.496 e. The first-order chi connectivity index (χ1) is 8.52. The molecular formula is C16H20O2. The van der Waals surface area contributed by atoms with E-state index in [-0.39, 0.29) is 5.78 Å². The Kier molecular flexibility index (Phi) is 5.37. The molecule has 0 heterocycles. The Morgan fingerprint density at radius 2 is 1.83 bits per heavy atom. The molecule has 0 fully saturated rings. The average molecular weight is 244 g/mol. The van der Waals surface area contributed by atoms with E-state index in [1.54, 1.807) is 19.3 Å². The van der Waals surface area contributed by atoms with E-state index >= 15 is 0 Å². The molecule has 0 radical (unpaired) electrons. The topological polar surface area (TPSA) is 26.3 Å². The van der Waals surface area contributed by atoms with Gasteiger partial charge in [-0.15, -0.1) is 0 Å². The van der Waals surface area contributed by atoms with E-state index in [2.05, 4.69) is 0 Å². The lowest BCUT2D eigenvalue weighted by molar-refractivity contribution is -0.110. The molecule has 0 aliphatic rings. The van der Waals surface area contributed by atoms with Crippen molar-refractivity contribution in [3.8, 4) is 5.75 Å². The van der Waals surface area contributed by atoms with E-state index in [1.807, 2.05) is 45.0 Å². The standard InChI is InChI=1S/C16H20O2/c1-12(2)9-15(17)11-13(3)10-14-7-5-6-8-16(14)18-4/h5-9,11H,10H2,1-4H3. The van der Waals surface area contributed by atoms with Crippen LogP contribution >= 0.6 is 0 Å². The van der Waals surface area contributed by atoms with Crippen molar-refractivity contribution in [2.75, 3.05) is 7.11 Å². The molecule has 0 atom stereocenters. The molecule has 96 valence electrons. The van der Waals surface area contributed by atoms with E-state index in [9.17, 15) is 4.79 Å². The first kappa shape index (κ1) is 14.2. The first-order valence-electron chi connectivity index (χ1n) is 6.01.